The summed E-state index contributed by atoms with van der Waals surface area (Å²) in [4.78, 5) is 15.9. The number of hydrogen-bond acceptors (Lipinski definition) is 2. The number of rotatable bonds is 6. The van der Waals surface area contributed by atoms with E-state index in [2.05, 4.69) is 38.1 Å². The molecule has 0 heterocycles. The molecule has 0 aliphatic carbocycles. The number of nitrogens with two attached hydrogens (primary N) is 1. The van der Waals surface area contributed by atoms with Crippen LogP contribution >= 0.6 is 15.9 Å². The number of guanidine groups is 1. The summed E-state index contributed by atoms with van der Waals surface area (Å²) in [5.41, 5.74) is 7.21. The van der Waals surface area contributed by atoms with E-state index < -0.39 is 0 Å². The smallest absolute Gasteiger partial charge is 0.251 e. The Bertz CT molecular complexity index is 496. The normalized spacial score (nSPS) is 11.0. The third-order valence-corrected chi connectivity index (χ3v) is 2.87. The fourth-order valence-electron chi connectivity index (χ4n) is 1.35. The number of nitrogens with zero attached hydrogens (tertiary/aromatic N) is 1. The van der Waals surface area contributed by atoms with Gasteiger partial charge in [0, 0.05) is 23.1 Å². The Morgan fingerprint density at radius 2 is 1.90 bits per heavy atom. The molecule has 0 atom stereocenters. The van der Waals surface area contributed by atoms with Crippen LogP contribution in [0.2, 0.25) is 0 Å². The van der Waals surface area contributed by atoms with Gasteiger partial charge in [0.1, 0.15) is 0 Å². The number of nitrogens with one attached hydrogen (secondary N) is 2. The van der Waals surface area contributed by atoms with Gasteiger partial charge in [0.25, 0.3) is 5.91 Å². The standard InChI is InChI=1S/C14H19BrN4O/c1-10(2)9-19-14(16)18-8-7-17-13(20)11-3-5-12(15)6-4-11/h3-6H,1,7-9H2,2H3,(H,17,20)(H3,16,18,19). The second kappa shape index (κ2) is 8.37. The number of carbonyl (C=O) groups excluding carboxylic acids is 1. The molecule has 108 valence electrons. The first-order valence-corrected chi connectivity index (χ1v) is 7.00. The average Bonchev–Trinajstić information content (AvgIpc) is 2.42. The Hall–Kier alpha value is -1.82. The molecule has 0 radical (unpaired) electrons. The average molecular weight is 339 g/mol. The minimum absolute atomic E-state index is 0.114. The first-order chi connectivity index (χ1) is 9.49. The maximum Gasteiger partial charge on any atom is 0.251 e. The maximum atomic E-state index is 11.8. The van der Waals surface area contributed by atoms with Gasteiger partial charge in [-0.25, -0.2) is 4.99 Å². The van der Waals surface area contributed by atoms with E-state index in [1.165, 1.54) is 0 Å². The molecule has 0 bridgehead atoms. The molecule has 20 heavy (non-hydrogen) atoms. The van der Waals surface area contributed by atoms with Crippen molar-refractivity contribution in [2.24, 2.45) is 10.7 Å². The molecule has 1 amide bonds. The van der Waals surface area contributed by atoms with Crippen molar-refractivity contribution in [3.8, 4) is 0 Å². The molecule has 4 N–H and O–H groups in total. The molecule has 0 saturated heterocycles. The van der Waals surface area contributed by atoms with Crippen molar-refractivity contribution in [1.82, 2.24) is 10.6 Å². The Labute approximate surface area is 127 Å². The highest BCUT2D eigenvalue weighted by atomic mass is 79.9. The molecule has 6 heteroatoms. The van der Waals surface area contributed by atoms with Crippen LogP contribution in [0.3, 0.4) is 0 Å². The highest BCUT2D eigenvalue weighted by Gasteiger charge is 2.03. The van der Waals surface area contributed by atoms with E-state index in [1.54, 1.807) is 12.1 Å². The first-order valence-electron chi connectivity index (χ1n) is 6.21. The van der Waals surface area contributed by atoms with E-state index in [9.17, 15) is 4.79 Å². The summed E-state index contributed by atoms with van der Waals surface area (Å²) in [6.07, 6.45) is 0. The molecular formula is C14H19BrN4O. The van der Waals surface area contributed by atoms with Gasteiger partial charge in [-0.2, -0.15) is 0 Å². The van der Waals surface area contributed by atoms with Crippen LogP contribution in [0.1, 0.15) is 17.3 Å². The lowest BCUT2D eigenvalue weighted by molar-refractivity contribution is 0.0954. The van der Waals surface area contributed by atoms with Gasteiger partial charge in [-0.05, 0) is 31.2 Å². The number of hydrogen-bond donors (Lipinski definition) is 3. The van der Waals surface area contributed by atoms with Crippen LogP contribution in [0.5, 0.6) is 0 Å². The monoisotopic (exact) mass is 338 g/mol. The van der Waals surface area contributed by atoms with Crippen molar-refractivity contribution < 1.29 is 4.79 Å². The molecule has 0 aliphatic rings. The zero-order chi connectivity index (χ0) is 15.0. The molecule has 5 nitrogen and oxygen atoms in total. The molecule has 0 unspecified atom stereocenters. The van der Waals surface area contributed by atoms with Crippen LogP contribution in [0.4, 0.5) is 0 Å². The van der Waals surface area contributed by atoms with E-state index in [4.69, 9.17) is 5.73 Å². The predicted octanol–water partition coefficient (Wildman–Crippen LogP) is 1.66. The number of benzene rings is 1. The Kier molecular flexibility index (Phi) is 6.79. The SMILES string of the molecule is C=C(C)CN=C(N)NCCNC(=O)c1ccc(Br)cc1. The Balaban J connectivity index is 2.27. The lowest BCUT2D eigenvalue weighted by atomic mass is 10.2. The zero-order valence-electron chi connectivity index (χ0n) is 11.4. The summed E-state index contributed by atoms with van der Waals surface area (Å²) < 4.78 is 0.942. The van der Waals surface area contributed by atoms with E-state index in [1.807, 2.05) is 19.1 Å². The lowest BCUT2D eigenvalue weighted by Gasteiger charge is -2.07. The van der Waals surface area contributed by atoms with E-state index in [0.29, 0.717) is 31.2 Å². The molecule has 0 fully saturated rings. The van der Waals surface area contributed by atoms with Crippen molar-refractivity contribution in [1.29, 1.82) is 0 Å². The highest BCUT2D eigenvalue weighted by Crippen LogP contribution is 2.10. The second-order valence-corrected chi connectivity index (χ2v) is 5.26. The van der Waals surface area contributed by atoms with Crippen molar-refractivity contribution in [3.05, 3.63) is 46.5 Å². The van der Waals surface area contributed by atoms with E-state index in [-0.39, 0.29) is 5.91 Å². The third-order valence-electron chi connectivity index (χ3n) is 2.34. The summed E-state index contributed by atoms with van der Waals surface area (Å²) in [6, 6.07) is 7.18. The summed E-state index contributed by atoms with van der Waals surface area (Å²) >= 11 is 3.32. The van der Waals surface area contributed by atoms with Gasteiger partial charge in [-0.3, -0.25) is 4.79 Å². The zero-order valence-corrected chi connectivity index (χ0v) is 13.0. The van der Waals surface area contributed by atoms with Gasteiger partial charge in [-0.15, -0.1) is 0 Å². The molecule has 1 rings (SSSR count). The number of amides is 1. The largest absolute Gasteiger partial charge is 0.370 e. The van der Waals surface area contributed by atoms with E-state index >= 15 is 0 Å². The summed E-state index contributed by atoms with van der Waals surface area (Å²) in [5, 5.41) is 5.71. The van der Waals surface area contributed by atoms with Crippen LogP contribution < -0.4 is 16.4 Å². The van der Waals surface area contributed by atoms with Crippen molar-refractivity contribution in [2.45, 2.75) is 6.92 Å². The first kappa shape index (κ1) is 16.2. The van der Waals surface area contributed by atoms with Gasteiger partial charge in [-0.1, -0.05) is 28.1 Å². The molecule has 1 aromatic rings. The van der Waals surface area contributed by atoms with Crippen molar-refractivity contribution in [3.63, 3.8) is 0 Å². The fraction of sp³-hybridized carbons (Fsp3) is 0.286. The van der Waals surface area contributed by atoms with E-state index in [0.717, 1.165) is 10.0 Å². The Morgan fingerprint density at radius 1 is 1.30 bits per heavy atom. The quantitative estimate of drug-likeness (QED) is 0.319. The van der Waals surface area contributed by atoms with Gasteiger partial charge >= 0.3 is 0 Å². The minimum atomic E-state index is -0.114. The molecular weight excluding hydrogens is 320 g/mol. The molecule has 0 saturated carbocycles. The number of carbonyl (C=O) groups is 1. The summed E-state index contributed by atoms with van der Waals surface area (Å²) in [6.45, 7) is 7.12. The van der Waals surface area contributed by atoms with Gasteiger partial charge < -0.3 is 16.4 Å². The lowest BCUT2D eigenvalue weighted by Crippen LogP contribution is -2.38. The van der Waals surface area contributed by atoms with Crippen LogP contribution in [-0.4, -0.2) is 31.5 Å². The van der Waals surface area contributed by atoms with Crippen LogP contribution in [0.25, 0.3) is 0 Å². The maximum absolute atomic E-state index is 11.8. The predicted molar refractivity (Wildman–Crippen MR) is 85.8 cm³/mol. The molecule has 0 aromatic heterocycles. The van der Waals surface area contributed by atoms with Crippen molar-refractivity contribution in [2.75, 3.05) is 19.6 Å². The number of aliphatic imine (C=N–C) groups is 1. The second-order valence-electron chi connectivity index (χ2n) is 4.35. The number of halogens is 1. The van der Waals surface area contributed by atoms with Gasteiger partial charge in [0.2, 0.25) is 0 Å². The van der Waals surface area contributed by atoms with Gasteiger partial charge in [0.05, 0.1) is 6.54 Å². The fourth-order valence-corrected chi connectivity index (χ4v) is 1.61. The van der Waals surface area contributed by atoms with Crippen LogP contribution in [0, 0.1) is 0 Å². The Morgan fingerprint density at radius 3 is 2.50 bits per heavy atom. The molecule has 0 spiro atoms. The summed E-state index contributed by atoms with van der Waals surface area (Å²) in [5.74, 6) is 0.239. The highest BCUT2D eigenvalue weighted by molar-refractivity contribution is 9.10. The topological polar surface area (TPSA) is 79.5 Å². The van der Waals surface area contributed by atoms with Gasteiger partial charge in [0.15, 0.2) is 5.96 Å². The minimum Gasteiger partial charge on any atom is -0.370 e. The molecule has 1 aromatic carbocycles. The third kappa shape index (κ3) is 6.38. The van der Waals surface area contributed by atoms with Crippen molar-refractivity contribution >= 4 is 27.8 Å². The molecule has 0 aliphatic heterocycles. The van der Waals surface area contributed by atoms with Crippen LogP contribution in [-0.2, 0) is 0 Å². The summed E-state index contributed by atoms with van der Waals surface area (Å²) in [7, 11) is 0. The van der Waals surface area contributed by atoms with Crippen LogP contribution in [0.15, 0.2) is 45.9 Å².